The number of hydrogen-bond donors (Lipinski definition) is 2. The molecule has 0 aromatic heterocycles. The van der Waals surface area contributed by atoms with Crippen LogP contribution in [-0.4, -0.2) is 26.2 Å². The standard InChI is InChI=1S/C16H25N3O2/c1-20-14-9-8-12(15(10-14)21-2)11-18-16(17)19-13-6-4-3-5-7-13/h8-10,13H,3-7,11H2,1-2H3,(H3,17,18,19). The second-order valence-electron chi connectivity index (χ2n) is 5.36. The van der Waals surface area contributed by atoms with Gasteiger partial charge < -0.3 is 20.5 Å². The Labute approximate surface area is 126 Å². The molecule has 1 fully saturated rings. The zero-order chi connectivity index (χ0) is 15.1. The summed E-state index contributed by atoms with van der Waals surface area (Å²) in [5.74, 6) is 2.05. The van der Waals surface area contributed by atoms with Gasteiger partial charge in [-0.2, -0.15) is 0 Å². The monoisotopic (exact) mass is 291 g/mol. The maximum absolute atomic E-state index is 5.97. The quantitative estimate of drug-likeness (QED) is 0.646. The van der Waals surface area contributed by atoms with E-state index in [0.29, 0.717) is 18.5 Å². The third-order valence-electron chi connectivity index (χ3n) is 3.87. The fourth-order valence-electron chi connectivity index (χ4n) is 2.65. The molecular formula is C16H25N3O2. The zero-order valence-corrected chi connectivity index (χ0v) is 12.9. The number of guanidine groups is 1. The third-order valence-corrected chi connectivity index (χ3v) is 3.87. The van der Waals surface area contributed by atoms with Crippen molar-refractivity contribution >= 4 is 5.96 Å². The number of aliphatic imine (C=N–C) groups is 1. The Balaban J connectivity index is 1.95. The van der Waals surface area contributed by atoms with Gasteiger partial charge in [-0.25, -0.2) is 4.99 Å². The molecule has 1 aliphatic rings. The number of benzene rings is 1. The lowest BCUT2D eigenvalue weighted by molar-refractivity contribution is 0.391. The summed E-state index contributed by atoms with van der Waals surface area (Å²) in [5, 5.41) is 3.31. The first-order chi connectivity index (χ1) is 10.2. The molecule has 2 rings (SSSR count). The van der Waals surface area contributed by atoms with Gasteiger partial charge in [0.05, 0.1) is 20.8 Å². The van der Waals surface area contributed by atoms with Gasteiger partial charge in [-0.05, 0) is 25.0 Å². The fraction of sp³-hybridized carbons (Fsp3) is 0.562. The number of nitrogens with zero attached hydrogens (tertiary/aromatic N) is 1. The summed E-state index contributed by atoms with van der Waals surface area (Å²) >= 11 is 0. The van der Waals surface area contributed by atoms with E-state index in [0.717, 1.165) is 17.1 Å². The van der Waals surface area contributed by atoms with E-state index in [1.54, 1.807) is 14.2 Å². The van der Waals surface area contributed by atoms with Crippen LogP contribution in [0.4, 0.5) is 0 Å². The highest BCUT2D eigenvalue weighted by atomic mass is 16.5. The second kappa shape index (κ2) is 7.76. The van der Waals surface area contributed by atoms with Crippen LogP contribution in [0.15, 0.2) is 23.2 Å². The van der Waals surface area contributed by atoms with Crippen LogP contribution in [0.3, 0.4) is 0 Å². The van der Waals surface area contributed by atoms with Crippen molar-refractivity contribution in [3.8, 4) is 11.5 Å². The van der Waals surface area contributed by atoms with Crippen molar-refractivity contribution < 1.29 is 9.47 Å². The minimum absolute atomic E-state index is 0.472. The van der Waals surface area contributed by atoms with Crippen LogP contribution in [0.5, 0.6) is 11.5 Å². The van der Waals surface area contributed by atoms with Gasteiger partial charge in [-0.1, -0.05) is 19.3 Å². The highest BCUT2D eigenvalue weighted by Crippen LogP contribution is 2.25. The van der Waals surface area contributed by atoms with Crippen LogP contribution in [0.25, 0.3) is 0 Å². The van der Waals surface area contributed by atoms with Gasteiger partial charge >= 0.3 is 0 Å². The number of nitrogens with two attached hydrogens (primary N) is 1. The largest absolute Gasteiger partial charge is 0.497 e. The van der Waals surface area contributed by atoms with Crippen molar-refractivity contribution in [2.45, 2.75) is 44.7 Å². The van der Waals surface area contributed by atoms with E-state index in [-0.39, 0.29) is 0 Å². The average Bonchev–Trinajstić information content (AvgIpc) is 2.53. The molecular weight excluding hydrogens is 266 g/mol. The van der Waals surface area contributed by atoms with Crippen LogP contribution in [0.1, 0.15) is 37.7 Å². The summed E-state index contributed by atoms with van der Waals surface area (Å²) < 4.78 is 10.5. The van der Waals surface area contributed by atoms with E-state index in [9.17, 15) is 0 Å². The van der Waals surface area contributed by atoms with Crippen molar-refractivity contribution in [2.75, 3.05) is 14.2 Å². The summed E-state index contributed by atoms with van der Waals surface area (Å²) in [6.45, 7) is 0.499. The number of nitrogens with one attached hydrogen (secondary N) is 1. The van der Waals surface area contributed by atoms with Crippen molar-refractivity contribution in [1.29, 1.82) is 0 Å². The molecule has 3 N–H and O–H groups in total. The van der Waals surface area contributed by atoms with Gasteiger partial charge in [0.2, 0.25) is 0 Å². The van der Waals surface area contributed by atoms with Crippen molar-refractivity contribution in [1.82, 2.24) is 5.32 Å². The SMILES string of the molecule is COc1ccc(CN=C(N)NC2CCCCC2)c(OC)c1. The van der Waals surface area contributed by atoms with E-state index in [1.165, 1.54) is 32.1 Å². The van der Waals surface area contributed by atoms with Gasteiger partial charge in [-0.15, -0.1) is 0 Å². The molecule has 0 aliphatic heterocycles. The van der Waals surface area contributed by atoms with E-state index < -0.39 is 0 Å². The lowest BCUT2D eigenvalue weighted by Gasteiger charge is -2.23. The van der Waals surface area contributed by atoms with Crippen molar-refractivity contribution in [2.24, 2.45) is 10.7 Å². The summed E-state index contributed by atoms with van der Waals surface area (Å²) in [5.41, 5.74) is 6.97. The zero-order valence-electron chi connectivity index (χ0n) is 12.9. The van der Waals surface area contributed by atoms with Gasteiger partial charge in [0.1, 0.15) is 11.5 Å². The molecule has 0 atom stereocenters. The van der Waals surface area contributed by atoms with E-state index in [1.807, 2.05) is 18.2 Å². The molecule has 116 valence electrons. The Morgan fingerprint density at radius 2 is 2.00 bits per heavy atom. The molecule has 5 heteroatoms. The molecule has 0 radical (unpaired) electrons. The number of hydrogen-bond acceptors (Lipinski definition) is 3. The van der Waals surface area contributed by atoms with Crippen LogP contribution in [-0.2, 0) is 6.54 Å². The van der Waals surface area contributed by atoms with E-state index in [4.69, 9.17) is 15.2 Å². The van der Waals surface area contributed by atoms with Crippen molar-refractivity contribution in [3.05, 3.63) is 23.8 Å². The maximum Gasteiger partial charge on any atom is 0.189 e. The maximum atomic E-state index is 5.97. The summed E-state index contributed by atoms with van der Waals surface area (Å²) in [4.78, 5) is 4.42. The molecule has 0 saturated heterocycles. The molecule has 0 unspecified atom stereocenters. The summed E-state index contributed by atoms with van der Waals surface area (Å²) in [6.07, 6.45) is 6.25. The first-order valence-corrected chi connectivity index (χ1v) is 7.50. The van der Waals surface area contributed by atoms with Crippen LogP contribution in [0, 0.1) is 0 Å². The van der Waals surface area contributed by atoms with Gasteiger partial charge in [0.15, 0.2) is 5.96 Å². The number of methoxy groups -OCH3 is 2. The summed E-state index contributed by atoms with van der Waals surface area (Å²) in [7, 11) is 3.28. The van der Waals surface area contributed by atoms with Gasteiger partial charge in [0.25, 0.3) is 0 Å². The Morgan fingerprint density at radius 1 is 1.24 bits per heavy atom. The Hall–Kier alpha value is -1.91. The highest BCUT2D eigenvalue weighted by Gasteiger charge is 2.13. The normalized spacial score (nSPS) is 16.6. The Bertz CT molecular complexity index is 482. The van der Waals surface area contributed by atoms with Crippen LogP contribution < -0.4 is 20.5 Å². The smallest absolute Gasteiger partial charge is 0.189 e. The molecule has 1 aliphatic carbocycles. The van der Waals surface area contributed by atoms with Crippen LogP contribution in [0.2, 0.25) is 0 Å². The predicted octanol–water partition coefficient (Wildman–Crippen LogP) is 2.44. The summed E-state index contributed by atoms with van der Waals surface area (Å²) in [6, 6.07) is 6.18. The fourth-order valence-corrected chi connectivity index (χ4v) is 2.65. The van der Waals surface area contributed by atoms with Crippen LogP contribution >= 0.6 is 0 Å². The molecule has 21 heavy (non-hydrogen) atoms. The van der Waals surface area contributed by atoms with Gasteiger partial charge in [0, 0.05) is 17.7 Å². The topological polar surface area (TPSA) is 68.9 Å². The molecule has 0 heterocycles. The minimum atomic E-state index is 0.472. The van der Waals surface area contributed by atoms with E-state index in [2.05, 4.69) is 10.3 Å². The average molecular weight is 291 g/mol. The first-order valence-electron chi connectivity index (χ1n) is 7.50. The molecule has 1 aromatic carbocycles. The second-order valence-corrected chi connectivity index (χ2v) is 5.36. The Morgan fingerprint density at radius 3 is 2.67 bits per heavy atom. The van der Waals surface area contributed by atoms with E-state index >= 15 is 0 Å². The number of rotatable bonds is 5. The lowest BCUT2D eigenvalue weighted by Crippen LogP contribution is -2.41. The molecule has 1 saturated carbocycles. The Kier molecular flexibility index (Phi) is 5.72. The highest BCUT2D eigenvalue weighted by molar-refractivity contribution is 5.78. The molecule has 0 bridgehead atoms. The minimum Gasteiger partial charge on any atom is -0.497 e. The van der Waals surface area contributed by atoms with Crippen molar-refractivity contribution in [3.63, 3.8) is 0 Å². The molecule has 1 aromatic rings. The molecule has 5 nitrogen and oxygen atoms in total. The third kappa shape index (κ3) is 4.55. The number of ether oxygens (including phenoxy) is 2. The molecule has 0 spiro atoms. The lowest BCUT2D eigenvalue weighted by atomic mass is 9.96. The predicted molar refractivity (Wildman–Crippen MR) is 84.9 cm³/mol. The van der Waals surface area contributed by atoms with Gasteiger partial charge in [-0.3, -0.25) is 0 Å². The first kappa shape index (κ1) is 15.5. The molecule has 0 amide bonds.